The molecule has 0 aliphatic carbocycles. The van der Waals surface area contributed by atoms with Gasteiger partial charge in [-0.3, -0.25) is 4.79 Å². The van der Waals surface area contributed by atoms with Crippen molar-refractivity contribution in [2.75, 3.05) is 31.1 Å². The van der Waals surface area contributed by atoms with Gasteiger partial charge in [-0.15, -0.1) is 0 Å². The summed E-state index contributed by atoms with van der Waals surface area (Å²) in [6.45, 7) is 2.45. The minimum absolute atomic E-state index is 0.0167. The van der Waals surface area contributed by atoms with E-state index in [4.69, 9.17) is 4.98 Å². The highest BCUT2D eigenvalue weighted by molar-refractivity contribution is 6.07. The van der Waals surface area contributed by atoms with Crippen molar-refractivity contribution in [3.05, 3.63) is 96.6 Å². The van der Waals surface area contributed by atoms with E-state index in [0.29, 0.717) is 37.7 Å². The number of rotatable bonds is 4. The molecule has 0 spiro atoms. The molecule has 0 bridgehead atoms. The van der Waals surface area contributed by atoms with Crippen LogP contribution in [0.2, 0.25) is 0 Å². The number of fused-ring (bicyclic) bond motifs is 1. The van der Waals surface area contributed by atoms with Gasteiger partial charge in [0.05, 0.1) is 22.5 Å². The maximum Gasteiger partial charge on any atom is 0.254 e. The molecule has 1 aliphatic heterocycles. The molecule has 0 N–H and O–H groups in total. The summed E-state index contributed by atoms with van der Waals surface area (Å²) in [6.07, 6.45) is 0. The predicted molar refractivity (Wildman–Crippen MR) is 134 cm³/mol. The Morgan fingerprint density at radius 3 is 2.23 bits per heavy atom. The van der Waals surface area contributed by atoms with E-state index in [1.54, 1.807) is 4.68 Å². The molecule has 6 rings (SSSR count). The SMILES string of the molecule is O=C(c1cc(-c2ccccc2)nc2ccccc12)N1CCN(c2nnnn2-c2ccccc2)CC1. The number of amides is 1. The molecule has 2 aromatic heterocycles. The lowest BCUT2D eigenvalue weighted by Crippen LogP contribution is -2.49. The topological polar surface area (TPSA) is 80.0 Å². The molecule has 172 valence electrons. The summed E-state index contributed by atoms with van der Waals surface area (Å²) in [4.78, 5) is 22.6. The van der Waals surface area contributed by atoms with Crippen molar-refractivity contribution in [2.24, 2.45) is 0 Å². The smallest absolute Gasteiger partial charge is 0.254 e. The maximum absolute atomic E-state index is 13.7. The van der Waals surface area contributed by atoms with Crippen LogP contribution in [-0.4, -0.2) is 62.2 Å². The average Bonchev–Trinajstić information content (AvgIpc) is 3.43. The molecule has 8 nitrogen and oxygen atoms in total. The zero-order valence-corrected chi connectivity index (χ0v) is 19.0. The number of tetrazole rings is 1. The fourth-order valence-electron chi connectivity index (χ4n) is 4.50. The molecule has 5 aromatic rings. The van der Waals surface area contributed by atoms with Crippen LogP contribution in [0, 0.1) is 0 Å². The molecule has 1 saturated heterocycles. The van der Waals surface area contributed by atoms with E-state index in [-0.39, 0.29) is 5.91 Å². The Labute approximate surface area is 202 Å². The van der Waals surface area contributed by atoms with E-state index in [1.807, 2.05) is 95.9 Å². The standard InChI is InChI=1S/C27H23N7O/c35-26(23-19-25(20-9-3-1-4-10-20)28-24-14-8-7-13-22(23)24)32-15-17-33(18-16-32)27-29-30-31-34(27)21-11-5-2-6-12-21/h1-14,19H,15-18H2. The number of carbonyl (C=O) groups excluding carboxylic acids is 1. The number of hydrogen-bond acceptors (Lipinski definition) is 6. The molecule has 1 aliphatic rings. The number of hydrogen-bond donors (Lipinski definition) is 0. The fraction of sp³-hybridized carbons (Fsp3) is 0.148. The first kappa shape index (κ1) is 21.0. The van der Waals surface area contributed by atoms with Crippen molar-refractivity contribution in [1.29, 1.82) is 0 Å². The monoisotopic (exact) mass is 461 g/mol. The Bertz CT molecular complexity index is 1480. The third-order valence-corrected chi connectivity index (χ3v) is 6.32. The summed E-state index contributed by atoms with van der Waals surface area (Å²) in [6, 6.07) is 29.5. The van der Waals surface area contributed by atoms with Crippen LogP contribution < -0.4 is 4.90 Å². The number of benzene rings is 3. The number of anilines is 1. The van der Waals surface area contributed by atoms with Gasteiger partial charge in [0.1, 0.15) is 0 Å². The van der Waals surface area contributed by atoms with E-state index < -0.39 is 0 Å². The Morgan fingerprint density at radius 2 is 1.46 bits per heavy atom. The largest absolute Gasteiger partial charge is 0.336 e. The van der Waals surface area contributed by atoms with E-state index in [0.717, 1.165) is 27.8 Å². The minimum Gasteiger partial charge on any atom is -0.336 e. The molecular weight excluding hydrogens is 438 g/mol. The molecule has 1 fully saturated rings. The molecule has 0 atom stereocenters. The Hall–Kier alpha value is -4.59. The number of carbonyl (C=O) groups is 1. The summed E-state index contributed by atoms with van der Waals surface area (Å²) < 4.78 is 1.74. The third kappa shape index (κ3) is 3.99. The van der Waals surface area contributed by atoms with Gasteiger partial charge in [-0.05, 0) is 34.7 Å². The average molecular weight is 462 g/mol. The van der Waals surface area contributed by atoms with Crippen molar-refractivity contribution >= 4 is 22.8 Å². The first-order valence-electron chi connectivity index (χ1n) is 11.6. The molecule has 1 amide bonds. The van der Waals surface area contributed by atoms with E-state index in [1.165, 1.54) is 0 Å². The first-order chi connectivity index (χ1) is 17.3. The lowest BCUT2D eigenvalue weighted by atomic mass is 10.0. The molecule has 3 aromatic carbocycles. The molecule has 3 heterocycles. The number of piperazine rings is 1. The van der Waals surface area contributed by atoms with Crippen LogP contribution >= 0.6 is 0 Å². The van der Waals surface area contributed by atoms with Crippen molar-refractivity contribution < 1.29 is 4.79 Å². The molecule has 0 unspecified atom stereocenters. The van der Waals surface area contributed by atoms with Gasteiger partial charge in [-0.25, -0.2) is 4.98 Å². The van der Waals surface area contributed by atoms with Crippen LogP contribution in [-0.2, 0) is 0 Å². The van der Waals surface area contributed by atoms with Gasteiger partial charge in [0.25, 0.3) is 5.91 Å². The summed E-state index contributed by atoms with van der Waals surface area (Å²) in [5.41, 5.74) is 4.19. The summed E-state index contributed by atoms with van der Waals surface area (Å²) in [7, 11) is 0. The van der Waals surface area contributed by atoms with Crippen molar-refractivity contribution in [1.82, 2.24) is 30.1 Å². The summed E-state index contributed by atoms with van der Waals surface area (Å²) in [5, 5.41) is 13.2. The summed E-state index contributed by atoms with van der Waals surface area (Å²) >= 11 is 0. The Kier molecular flexibility index (Phi) is 5.38. The van der Waals surface area contributed by atoms with Crippen molar-refractivity contribution in [3.63, 3.8) is 0 Å². The van der Waals surface area contributed by atoms with Crippen LogP contribution in [0.4, 0.5) is 5.95 Å². The fourth-order valence-corrected chi connectivity index (χ4v) is 4.50. The predicted octanol–water partition coefficient (Wildman–Crippen LogP) is 3.84. The van der Waals surface area contributed by atoms with Gasteiger partial charge in [0, 0.05) is 37.1 Å². The Morgan fingerprint density at radius 1 is 0.771 bits per heavy atom. The van der Waals surface area contributed by atoms with Crippen LogP contribution in [0.1, 0.15) is 10.4 Å². The van der Waals surface area contributed by atoms with Crippen LogP contribution in [0.5, 0.6) is 0 Å². The number of nitrogens with zero attached hydrogens (tertiary/aromatic N) is 7. The lowest BCUT2D eigenvalue weighted by Gasteiger charge is -2.35. The van der Waals surface area contributed by atoms with E-state index in [9.17, 15) is 4.79 Å². The highest BCUT2D eigenvalue weighted by Crippen LogP contribution is 2.26. The number of pyridine rings is 1. The van der Waals surface area contributed by atoms with Crippen LogP contribution in [0.25, 0.3) is 27.8 Å². The highest BCUT2D eigenvalue weighted by Gasteiger charge is 2.27. The van der Waals surface area contributed by atoms with Gasteiger partial charge in [-0.2, -0.15) is 4.68 Å². The first-order valence-corrected chi connectivity index (χ1v) is 11.6. The zero-order chi connectivity index (χ0) is 23.6. The third-order valence-electron chi connectivity index (χ3n) is 6.32. The van der Waals surface area contributed by atoms with E-state index in [2.05, 4.69) is 20.4 Å². The van der Waals surface area contributed by atoms with Crippen LogP contribution in [0.3, 0.4) is 0 Å². The van der Waals surface area contributed by atoms with Crippen LogP contribution in [0.15, 0.2) is 91.0 Å². The minimum atomic E-state index is 0.0167. The summed E-state index contributed by atoms with van der Waals surface area (Å²) in [5.74, 6) is 0.701. The van der Waals surface area contributed by atoms with Gasteiger partial charge in [0.2, 0.25) is 5.95 Å². The lowest BCUT2D eigenvalue weighted by molar-refractivity contribution is 0.0748. The second kappa shape index (κ2) is 8.98. The maximum atomic E-state index is 13.7. The second-order valence-corrected chi connectivity index (χ2v) is 8.44. The second-order valence-electron chi connectivity index (χ2n) is 8.44. The molecule has 0 radical (unpaired) electrons. The van der Waals surface area contributed by atoms with Gasteiger partial charge >= 0.3 is 0 Å². The van der Waals surface area contributed by atoms with Gasteiger partial charge in [0.15, 0.2) is 0 Å². The quantitative estimate of drug-likeness (QED) is 0.405. The molecule has 0 saturated carbocycles. The van der Waals surface area contributed by atoms with Crippen molar-refractivity contribution in [2.45, 2.75) is 0 Å². The van der Waals surface area contributed by atoms with E-state index >= 15 is 0 Å². The molecule has 35 heavy (non-hydrogen) atoms. The van der Waals surface area contributed by atoms with Gasteiger partial charge in [-0.1, -0.05) is 71.8 Å². The molecule has 8 heteroatoms. The zero-order valence-electron chi connectivity index (χ0n) is 19.0. The normalized spacial score (nSPS) is 13.8. The Balaban J connectivity index is 1.26. The number of para-hydroxylation sites is 2. The van der Waals surface area contributed by atoms with Gasteiger partial charge < -0.3 is 9.80 Å². The highest BCUT2D eigenvalue weighted by atomic mass is 16.2. The van der Waals surface area contributed by atoms with Crippen molar-refractivity contribution in [3.8, 4) is 16.9 Å². The number of aromatic nitrogens is 5. The molecular formula is C27H23N7O.